The predicted octanol–water partition coefficient (Wildman–Crippen LogP) is 1.68. The fourth-order valence-corrected chi connectivity index (χ4v) is 1.68. The maximum atomic E-state index is 13.4. The number of ether oxygens (including phenoxy) is 1. The summed E-state index contributed by atoms with van der Waals surface area (Å²) in [5.74, 6) is -1.92. The third kappa shape index (κ3) is 2.27. The van der Waals surface area contributed by atoms with Gasteiger partial charge in [0.2, 0.25) is 0 Å². The van der Waals surface area contributed by atoms with Crippen molar-refractivity contribution in [3.8, 4) is 5.75 Å². The minimum absolute atomic E-state index is 0.102. The van der Waals surface area contributed by atoms with Gasteiger partial charge in [0.25, 0.3) is 0 Å². The van der Waals surface area contributed by atoms with Crippen LogP contribution in [0.2, 0.25) is 0 Å². The summed E-state index contributed by atoms with van der Waals surface area (Å²) in [6.07, 6.45) is 0. The zero-order valence-electron chi connectivity index (χ0n) is 7.83. The fraction of sp³-hybridized carbons (Fsp3) is 0.222. The number of nitrogens with two attached hydrogens (primary N) is 1. The Morgan fingerprint density at radius 2 is 2.27 bits per heavy atom. The van der Waals surface area contributed by atoms with Crippen molar-refractivity contribution < 1.29 is 19.0 Å². The van der Waals surface area contributed by atoms with Crippen LogP contribution in [0.3, 0.4) is 0 Å². The molecule has 1 unspecified atom stereocenters. The van der Waals surface area contributed by atoms with Crippen molar-refractivity contribution in [2.24, 2.45) is 5.73 Å². The Balaban J connectivity index is 3.37. The minimum atomic E-state index is -1.45. The summed E-state index contributed by atoms with van der Waals surface area (Å²) in [5.41, 5.74) is 5.18. The average molecular weight is 278 g/mol. The van der Waals surface area contributed by atoms with Gasteiger partial charge < -0.3 is 15.6 Å². The highest BCUT2D eigenvalue weighted by Crippen LogP contribution is 2.34. The summed E-state index contributed by atoms with van der Waals surface area (Å²) < 4.78 is 18.7. The van der Waals surface area contributed by atoms with Gasteiger partial charge in [-0.25, -0.2) is 4.39 Å². The molecule has 0 amide bonds. The average Bonchev–Trinajstić information content (AvgIpc) is 2.19. The van der Waals surface area contributed by atoms with Crippen molar-refractivity contribution in [2.45, 2.75) is 6.04 Å². The molecule has 1 atom stereocenters. The highest BCUT2D eigenvalue weighted by Gasteiger charge is 2.24. The van der Waals surface area contributed by atoms with E-state index in [0.717, 1.165) is 6.07 Å². The summed E-state index contributed by atoms with van der Waals surface area (Å²) in [4.78, 5) is 10.7. The molecule has 82 valence electrons. The number of carbonyl (C=O) groups is 1. The van der Waals surface area contributed by atoms with Crippen LogP contribution in [0.25, 0.3) is 0 Å². The molecule has 0 saturated heterocycles. The monoisotopic (exact) mass is 277 g/mol. The van der Waals surface area contributed by atoms with Crippen LogP contribution < -0.4 is 10.5 Å². The van der Waals surface area contributed by atoms with E-state index < -0.39 is 17.8 Å². The molecule has 0 aliphatic carbocycles. The van der Waals surface area contributed by atoms with E-state index in [2.05, 4.69) is 15.9 Å². The molecule has 6 heteroatoms. The van der Waals surface area contributed by atoms with Crippen LogP contribution in [0.15, 0.2) is 16.6 Å². The number of carboxylic acids is 1. The van der Waals surface area contributed by atoms with Gasteiger partial charge in [0, 0.05) is 0 Å². The second-order valence-electron chi connectivity index (χ2n) is 2.79. The summed E-state index contributed by atoms with van der Waals surface area (Å²) in [5, 5.41) is 8.71. The van der Waals surface area contributed by atoms with Gasteiger partial charge in [0.1, 0.15) is 17.6 Å². The molecule has 3 N–H and O–H groups in total. The summed E-state index contributed by atoms with van der Waals surface area (Å²) >= 11 is 3.12. The van der Waals surface area contributed by atoms with Crippen molar-refractivity contribution in [1.29, 1.82) is 0 Å². The first kappa shape index (κ1) is 11.9. The third-order valence-electron chi connectivity index (χ3n) is 1.88. The van der Waals surface area contributed by atoms with Crippen LogP contribution in [0.4, 0.5) is 4.39 Å². The normalized spacial score (nSPS) is 12.3. The molecule has 0 bridgehead atoms. The summed E-state index contributed by atoms with van der Waals surface area (Å²) in [7, 11) is 1.32. The van der Waals surface area contributed by atoms with Gasteiger partial charge >= 0.3 is 5.97 Å². The number of hydrogen-bond acceptors (Lipinski definition) is 3. The molecule has 4 nitrogen and oxygen atoms in total. The molecule has 1 aromatic rings. The largest absolute Gasteiger partial charge is 0.495 e. The van der Waals surface area contributed by atoms with Crippen LogP contribution in [0.1, 0.15) is 11.6 Å². The summed E-state index contributed by atoms with van der Waals surface area (Å²) in [6.45, 7) is 0. The first-order valence-electron chi connectivity index (χ1n) is 3.99. The molecule has 0 saturated carbocycles. The van der Waals surface area contributed by atoms with Crippen molar-refractivity contribution in [3.63, 3.8) is 0 Å². The van der Waals surface area contributed by atoms with Gasteiger partial charge in [0.05, 0.1) is 17.1 Å². The lowest BCUT2D eigenvalue weighted by atomic mass is 10.1. The molecule has 1 aromatic carbocycles. The van der Waals surface area contributed by atoms with E-state index in [0.29, 0.717) is 4.47 Å². The number of rotatable bonds is 3. The van der Waals surface area contributed by atoms with Gasteiger partial charge in [-0.15, -0.1) is 0 Å². The van der Waals surface area contributed by atoms with Gasteiger partial charge in [0.15, 0.2) is 0 Å². The highest BCUT2D eigenvalue weighted by molar-refractivity contribution is 9.10. The zero-order chi connectivity index (χ0) is 11.6. The van der Waals surface area contributed by atoms with E-state index in [1.807, 2.05) is 0 Å². The highest BCUT2D eigenvalue weighted by atomic mass is 79.9. The van der Waals surface area contributed by atoms with Crippen molar-refractivity contribution >= 4 is 21.9 Å². The second-order valence-corrected chi connectivity index (χ2v) is 3.65. The molecule has 0 aromatic heterocycles. The third-order valence-corrected chi connectivity index (χ3v) is 2.50. The van der Waals surface area contributed by atoms with Gasteiger partial charge in [-0.2, -0.15) is 0 Å². The minimum Gasteiger partial charge on any atom is -0.495 e. The molecule has 0 spiro atoms. The number of methoxy groups -OCH3 is 1. The van der Waals surface area contributed by atoms with Crippen LogP contribution in [0, 0.1) is 5.82 Å². The molecule has 1 rings (SSSR count). The smallest absolute Gasteiger partial charge is 0.325 e. The van der Waals surface area contributed by atoms with Gasteiger partial charge in [-0.1, -0.05) is 0 Å². The Kier molecular flexibility index (Phi) is 3.65. The first-order valence-corrected chi connectivity index (χ1v) is 4.78. The Bertz CT molecular complexity index is 397. The summed E-state index contributed by atoms with van der Waals surface area (Å²) in [6, 6.07) is 1.11. The zero-order valence-corrected chi connectivity index (χ0v) is 9.42. The van der Waals surface area contributed by atoms with Crippen LogP contribution in [0.5, 0.6) is 5.75 Å². The molecule has 0 aliphatic heterocycles. The number of benzene rings is 1. The molecular formula is C9H9BrFNO3. The lowest BCUT2D eigenvalue weighted by Gasteiger charge is -2.14. The Hall–Kier alpha value is -1.14. The van der Waals surface area contributed by atoms with E-state index in [1.165, 1.54) is 13.2 Å². The van der Waals surface area contributed by atoms with Gasteiger partial charge in [-0.05, 0) is 28.1 Å². The fourth-order valence-electron chi connectivity index (χ4n) is 1.17. The van der Waals surface area contributed by atoms with Crippen molar-refractivity contribution in [3.05, 3.63) is 28.0 Å². The second kappa shape index (κ2) is 4.59. The van der Waals surface area contributed by atoms with Crippen molar-refractivity contribution in [2.75, 3.05) is 7.11 Å². The van der Waals surface area contributed by atoms with E-state index in [-0.39, 0.29) is 11.3 Å². The Morgan fingerprint density at radius 3 is 2.73 bits per heavy atom. The topological polar surface area (TPSA) is 72.5 Å². The quantitative estimate of drug-likeness (QED) is 0.882. The van der Waals surface area contributed by atoms with Gasteiger partial charge in [-0.3, -0.25) is 4.79 Å². The van der Waals surface area contributed by atoms with E-state index in [4.69, 9.17) is 15.6 Å². The van der Waals surface area contributed by atoms with E-state index in [9.17, 15) is 9.18 Å². The van der Waals surface area contributed by atoms with Crippen LogP contribution in [-0.4, -0.2) is 18.2 Å². The Morgan fingerprint density at radius 1 is 1.67 bits per heavy atom. The standard InChI is InChI=1S/C9H9BrFNO3/c1-15-8-4(10)2-3-5(11)6(8)7(12)9(13)14/h2-3,7H,12H2,1H3,(H,13,14). The molecule has 0 fully saturated rings. The van der Waals surface area contributed by atoms with Crippen LogP contribution >= 0.6 is 15.9 Å². The number of halogens is 2. The lowest BCUT2D eigenvalue weighted by molar-refractivity contribution is -0.138. The predicted molar refractivity (Wildman–Crippen MR) is 55.2 cm³/mol. The molecule has 15 heavy (non-hydrogen) atoms. The first-order chi connectivity index (χ1) is 6.99. The molecular weight excluding hydrogens is 269 g/mol. The van der Waals surface area contributed by atoms with Crippen LogP contribution in [-0.2, 0) is 4.79 Å². The molecule has 0 radical (unpaired) electrons. The maximum Gasteiger partial charge on any atom is 0.325 e. The number of carboxylic acid groups (broad SMARTS) is 1. The SMILES string of the molecule is COc1c(Br)ccc(F)c1C(N)C(=O)O. The molecule has 0 aliphatic rings. The Labute approximate surface area is 94.0 Å². The number of aliphatic carboxylic acids is 1. The molecule has 0 heterocycles. The van der Waals surface area contributed by atoms with E-state index >= 15 is 0 Å². The van der Waals surface area contributed by atoms with E-state index in [1.54, 1.807) is 0 Å². The van der Waals surface area contributed by atoms with Crippen molar-refractivity contribution in [1.82, 2.24) is 0 Å². The lowest BCUT2D eigenvalue weighted by Crippen LogP contribution is -2.22. The number of hydrogen-bond donors (Lipinski definition) is 2. The maximum absolute atomic E-state index is 13.4.